The van der Waals surface area contributed by atoms with Crippen LogP contribution in [-0.4, -0.2) is 26.6 Å². The smallest absolute Gasteiger partial charge is 0.220 e. The molecule has 1 N–H and O–H groups in total. The van der Waals surface area contributed by atoms with Gasteiger partial charge in [-0.2, -0.15) is 0 Å². The molecule has 0 unspecified atom stereocenters. The maximum Gasteiger partial charge on any atom is 0.220 e. The first-order chi connectivity index (χ1) is 20.7. The lowest BCUT2D eigenvalue weighted by Crippen LogP contribution is -2.36. The molecule has 0 radical (unpaired) electrons. The summed E-state index contributed by atoms with van der Waals surface area (Å²) in [7, 11) is 2.05. The van der Waals surface area contributed by atoms with Crippen LogP contribution in [0.15, 0.2) is 134 Å². The van der Waals surface area contributed by atoms with Crippen molar-refractivity contribution >= 4 is 16.8 Å². The van der Waals surface area contributed by atoms with E-state index in [4.69, 9.17) is 4.98 Å². The van der Waals surface area contributed by atoms with E-state index in [1.165, 1.54) is 33.2 Å². The first-order valence-electron chi connectivity index (χ1n) is 14.7. The average molecular weight is 553 g/mol. The molecule has 1 amide bonds. The Kier molecular flexibility index (Phi) is 8.00. The van der Waals surface area contributed by atoms with Gasteiger partial charge < -0.3 is 14.5 Å². The van der Waals surface area contributed by atoms with Crippen molar-refractivity contribution in [1.29, 1.82) is 0 Å². The van der Waals surface area contributed by atoms with Crippen LogP contribution in [0.1, 0.15) is 40.8 Å². The molecule has 210 valence electrons. The molecule has 4 aromatic carbocycles. The van der Waals surface area contributed by atoms with Crippen LogP contribution in [0.2, 0.25) is 0 Å². The maximum absolute atomic E-state index is 12.6. The molecule has 5 heteroatoms. The van der Waals surface area contributed by atoms with Crippen molar-refractivity contribution in [2.24, 2.45) is 7.05 Å². The number of hydrogen-bond donors (Lipinski definition) is 1. The molecule has 0 fully saturated rings. The largest absolute Gasteiger partial charge is 0.356 e. The van der Waals surface area contributed by atoms with E-state index in [9.17, 15) is 4.79 Å². The predicted octanol–water partition coefficient (Wildman–Crippen LogP) is 6.90. The van der Waals surface area contributed by atoms with E-state index < -0.39 is 5.54 Å². The minimum absolute atomic E-state index is 0.0877. The predicted molar refractivity (Wildman–Crippen MR) is 169 cm³/mol. The molecule has 6 rings (SSSR count). The summed E-state index contributed by atoms with van der Waals surface area (Å²) in [5, 5.41) is 4.34. The van der Waals surface area contributed by atoms with E-state index in [1.807, 2.05) is 12.4 Å². The van der Waals surface area contributed by atoms with Crippen molar-refractivity contribution in [3.63, 3.8) is 0 Å². The molecule has 2 aromatic heterocycles. The second-order valence-corrected chi connectivity index (χ2v) is 10.8. The summed E-state index contributed by atoms with van der Waals surface area (Å²) < 4.78 is 4.37. The van der Waals surface area contributed by atoms with Crippen molar-refractivity contribution in [2.75, 3.05) is 6.54 Å². The molecule has 42 heavy (non-hydrogen) atoms. The summed E-state index contributed by atoms with van der Waals surface area (Å²) in [6.07, 6.45) is 9.07. The minimum Gasteiger partial charge on any atom is -0.356 e. The number of nitrogens with zero attached hydrogens (tertiary/aromatic N) is 3. The van der Waals surface area contributed by atoms with Gasteiger partial charge in [-0.25, -0.2) is 4.98 Å². The number of amides is 1. The Hall–Kier alpha value is -4.90. The quantitative estimate of drug-likeness (QED) is 0.140. The van der Waals surface area contributed by atoms with Gasteiger partial charge in [0.1, 0.15) is 5.54 Å². The van der Waals surface area contributed by atoms with Crippen LogP contribution in [-0.2, 0) is 30.2 Å². The molecule has 0 aliphatic carbocycles. The second kappa shape index (κ2) is 12.3. The number of imidazole rings is 1. The third-order valence-electron chi connectivity index (χ3n) is 8.13. The van der Waals surface area contributed by atoms with E-state index in [0.717, 1.165) is 25.0 Å². The monoisotopic (exact) mass is 552 g/mol. The summed E-state index contributed by atoms with van der Waals surface area (Å²) in [6, 6.07) is 40.2. The molecule has 2 heterocycles. The van der Waals surface area contributed by atoms with Gasteiger partial charge >= 0.3 is 0 Å². The summed E-state index contributed by atoms with van der Waals surface area (Å²) in [6.45, 7) is 0.627. The Morgan fingerprint density at radius 1 is 0.738 bits per heavy atom. The highest BCUT2D eigenvalue weighted by Crippen LogP contribution is 2.40. The third-order valence-corrected chi connectivity index (χ3v) is 8.13. The Balaban J connectivity index is 1.15. The van der Waals surface area contributed by atoms with Gasteiger partial charge in [0, 0.05) is 43.3 Å². The fourth-order valence-corrected chi connectivity index (χ4v) is 6.12. The standard InChI is InChI=1S/C37H36N4O/c1-40-26-29(34-21-11-12-22-35(34)40)23-24-36(42)38-25-13-20-33-27-41(28-39-33)37(30-14-5-2-6-15-30,31-16-7-3-8-17-31)32-18-9-4-10-19-32/h2-12,14-19,21-22,26-28H,13,20,23-25H2,1H3,(H,38,42). The number of rotatable bonds is 11. The van der Waals surface area contributed by atoms with Crippen LogP contribution in [0.5, 0.6) is 0 Å². The molecule has 0 saturated heterocycles. The fraction of sp³-hybridized carbons (Fsp3) is 0.189. The Morgan fingerprint density at radius 2 is 1.31 bits per heavy atom. The molecule has 0 bridgehead atoms. The Labute approximate surface area is 247 Å². The van der Waals surface area contributed by atoms with Gasteiger partial charge in [-0.15, -0.1) is 0 Å². The molecule has 0 saturated carbocycles. The highest BCUT2D eigenvalue weighted by molar-refractivity contribution is 5.85. The van der Waals surface area contributed by atoms with Crippen LogP contribution in [0.3, 0.4) is 0 Å². The number of aryl methyl sites for hydroxylation is 3. The van der Waals surface area contributed by atoms with E-state index in [0.29, 0.717) is 13.0 Å². The lowest BCUT2D eigenvalue weighted by molar-refractivity contribution is -0.121. The molecule has 5 nitrogen and oxygen atoms in total. The normalized spacial score (nSPS) is 11.5. The highest BCUT2D eigenvalue weighted by Gasteiger charge is 2.38. The summed E-state index contributed by atoms with van der Waals surface area (Å²) >= 11 is 0. The number of benzene rings is 4. The summed E-state index contributed by atoms with van der Waals surface area (Å²) in [5.41, 5.74) is 6.37. The number of hydrogen-bond acceptors (Lipinski definition) is 2. The van der Waals surface area contributed by atoms with E-state index >= 15 is 0 Å². The van der Waals surface area contributed by atoms with Crippen LogP contribution in [0.25, 0.3) is 10.9 Å². The molecular formula is C37H36N4O. The van der Waals surface area contributed by atoms with Crippen molar-refractivity contribution < 1.29 is 4.79 Å². The minimum atomic E-state index is -0.565. The van der Waals surface area contributed by atoms with Gasteiger partial charge in [-0.05, 0) is 47.6 Å². The van der Waals surface area contributed by atoms with Crippen molar-refractivity contribution in [3.8, 4) is 0 Å². The lowest BCUT2D eigenvalue weighted by atomic mass is 9.77. The van der Waals surface area contributed by atoms with Gasteiger partial charge in [0.25, 0.3) is 0 Å². The third kappa shape index (κ3) is 5.38. The van der Waals surface area contributed by atoms with Gasteiger partial charge in [0.2, 0.25) is 5.91 Å². The molecule has 0 atom stereocenters. The van der Waals surface area contributed by atoms with Crippen LogP contribution < -0.4 is 5.32 Å². The number of carbonyl (C=O) groups excluding carboxylic acids is 1. The number of fused-ring (bicyclic) bond motifs is 1. The second-order valence-electron chi connectivity index (χ2n) is 10.8. The van der Waals surface area contributed by atoms with Crippen LogP contribution in [0, 0.1) is 0 Å². The summed E-state index contributed by atoms with van der Waals surface area (Å²) in [4.78, 5) is 17.5. The average Bonchev–Trinajstić information content (AvgIpc) is 3.65. The summed E-state index contributed by atoms with van der Waals surface area (Å²) in [5.74, 6) is 0.0877. The van der Waals surface area contributed by atoms with Crippen molar-refractivity contribution in [1.82, 2.24) is 19.4 Å². The maximum atomic E-state index is 12.6. The lowest BCUT2D eigenvalue weighted by Gasteiger charge is -2.37. The highest BCUT2D eigenvalue weighted by atomic mass is 16.1. The van der Waals surface area contributed by atoms with E-state index in [2.05, 4.69) is 143 Å². The molecule has 0 spiro atoms. The van der Waals surface area contributed by atoms with Gasteiger partial charge in [0.05, 0.1) is 12.0 Å². The molecule has 6 aromatic rings. The van der Waals surface area contributed by atoms with Crippen molar-refractivity contribution in [2.45, 2.75) is 31.2 Å². The van der Waals surface area contributed by atoms with Crippen molar-refractivity contribution in [3.05, 3.63) is 162 Å². The number of aromatic nitrogens is 3. The number of nitrogens with one attached hydrogen (secondary N) is 1. The van der Waals surface area contributed by atoms with Gasteiger partial charge in [-0.1, -0.05) is 109 Å². The fourth-order valence-electron chi connectivity index (χ4n) is 6.12. The van der Waals surface area contributed by atoms with Crippen LogP contribution in [0.4, 0.5) is 0 Å². The van der Waals surface area contributed by atoms with E-state index in [-0.39, 0.29) is 5.91 Å². The van der Waals surface area contributed by atoms with E-state index in [1.54, 1.807) is 0 Å². The zero-order valence-electron chi connectivity index (χ0n) is 24.0. The molecular weight excluding hydrogens is 516 g/mol. The Bertz CT molecular complexity index is 1660. The molecule has 0 aliphatic heterocycles. The number of para-hydroxylation sites is 1. The van der Waals surface area contributed by atoms with Gasteiger partial charge in [0.15, 0.2) is 0 Å². The first-order valence-corrected chi connectivity index (χ1v) is 14.7. The van der Waals surface area contributed by atoms with Crippen LogP contribution >= 0.6 is 0 Å². The molecule has 0 aliphatic rings. The number of carbonyl (C=O) groups is 1. The first kappa shape index (κ1) is 27.3. The Morgan fingerprint density at radius 3 is 1.93 bits per heavy atom. The SMILES string of the molecule is Cn1cc(CCC(=O)NCCCc2cn(C(c3ccccc3)(c3ccccc3)c3ccccc3)cn2)c2ccccc21. The van der Waals surface area contributed by atoms with Gasteiger partial charge in [-0.3, -0.25) is 4.79 Å². The topological polar surface area (TPSA) is 51.9 Å². The zero-order chi connectivity index (χ0) is 28.8. The zero-order valence-corrected chi connectivity index (χ0v) is 24.0.